The fourth-order valence-electron chi connectivity index (χ4n) is 4.27. The predicted molar refractivity (Wildman–Crippen MR) is 107 cm³/mol. The molecule has 154 valence electrons. The van der Waals surface area contributed by atoms with Gasteiger partial charge in [0, 0.05) is 58.2 Å². The molecule has 6 heteroatoms. The third-order valence-electron chi connectivity index (χ3n) is 5.94. The number of rotatable bonds is 6. The van der Waals surface area contributed by atoms with Gasteiger partial charge >= 0.3 is 0 Å². The lowest BCUT2D eigenvalue weighted by Gasteiger charge is -2.34. The Morgan fingerprint density at radius 2 is 1.89 bits per heavy atom. The number of amides is 2. The van der Waals surface area contributed by atoms with Gasteiger partial charge in [0.05, 0.1) is 0 Å². The van der Waals surface area contributed by atoms with E-state index >= 15 is 0 Å². The average molecular weight is 390 g/mol. The lowest BCUT2D eigenvalue weighted by molar-refractivity contribution is -0.133. The minimum Gasteiger partial charge on any atom is -0.342 e. The summed E-state index contributed by atoms with van der Waals surface area (Å²) < 4.78 is 13.2. The second-order valence-electron chi connectivity index (χ2n) is 8.34. The molecule has 1 atom stereocenters. The van der Waals surface area contributed by atoms with Crippen LogP contribution in [-0.4, -0.2) is 65.3 Å². The maximum absolute atomic E-state index is 13.2. The van der Waals surface area contributed by atoms with Gasteiger partial charge in [0.1, 0.15) is 5.82 Å². The van der Waals surface area contributed by atoms with Gasteiger partial charge in [0.15, 0.2) is 0 Å². The van der Waals surface area contributed by atoms with Crippen LogP contribution in [0.5, 0.6) is 0 Å². The minimum atomic E-state index is -0.215. The molecule has 1 aromatic rings. The van der Waals surface area contributed by atoms with Crippen LogP contribution in [0.25, 0.3) is 0 Å². The van der Waals surface area contributed by atoms with Crippen molar-refractivity contribution in [2.75, 3.05) is 32.7 Å². The maximum atomic E-state index is 13.2. The fraction of sp³-hybridized carbons (Fsp3) is 0.636. The molecule has 0 radical (unpaired) electrons. The number of halogens is 1. The van der Waals surface area contributed by atoms with E-state index in [1.54, 1.807) is 0 Å². The Morgan fingerprint density at radius 3 is 2.54 bits per heavy atom. The molecule has 1 aromatic carbocycles. The summed E-state index contributed by atoms with van der Waals surface area (Å²) >= 11 is 0. The van der Waals surface area contributed by atoms with Gasteiger partial charge in [-0.05, 0) is 36.5 Å². The molecule has 2 amide bonds. The van der Waals surface area contributed by atoms with Crippen LogP contribution in [0.1, 0.15) is 45.1 Å². The summed E-state index contributed by atoms with van der Waals surface area (Å²) in [5, 5.41) is 0. The normalized spacial score (nSPS) is 21.4. The van der Waals surface area contributed by atoms with Crippen molar-refractivity contribution >= 4 is 11.8 Å². The molecular weight excluding hydrogens is 357 g/mol. The van der Waals surface area contributed by atoms with Gasteiger partial charge in [0.25, 0.3) is 0 Å². The topological polar surface area (TPSA) is 43.9 Å². The van der Waals surface area contributed by atoms with Gasteiger partial charge in [-0.3, -0.25) is 14.5 Å². The number of benzene rings is 1. The fourth-order valence-corrected chi connectivity index (χ4v) is 4.27. The van der Waals surface area contributed by atoms with Gasteiger partial charge in [-0.1, -0.05) is 26.0 Å². The molecule has 2 aliphatic heterocycles. The molecule has 28 heavy (non-hydrogen) atoms. The molecule has 0 aliphatic carbocycles. The van der Waals surface area contributed by atoms with E-state index in [1.165, 1.54) is 12.1 Å². The van der Waals surface area contributed by atoms with Crippen LogP contribution in [0.4, 0.5) is 4.39 Å². The zero-order chi connectivity index (χ0) is 20.1. The van der Waals surface area contributed by atoms with Crippen molar-refractivity contribution in [3.63, 3.8) is 0 Å². The molecule has 3 rings (SSSR count). The molecule has 0 aromatic heterocycles. The summed E-state index contributed by atoms with van der Waals surface area (Å²) in [7, 11) is 0. The summed E-state index contributed by atoms with van der Waals surface area (Å²) in [5.74, 6) is 0.519. The summed E-state index contributed by atoms with van der Waals surface area (Å²) in [6.45, 7) is 8.88. The van der Waals surface area contributed by atoms with Crippen LogP contribution in [0, 0.1) is 11.7 Å². The molecule has 0 N–H and O–H groups in total. The second kappa shape index (κ2) is 9.50. The third kappa shape index (κ3) is 5.31. The summed E-state index contributed by atoms with van der Waals surface area (Å²) in [6.07, 6.45) is 2.86. The van der Waals surface area contributed by atoms with Crippen molar-refractivity contribution in [1.29, 1.82) is 0 Å². The van der Waals surface area contributed by atoms with Crippen molar-refractivity contribution in [1.82, 2.24) is 14.7 Å². The molecule has 2 fully saturated rings. The predicted octanol–water partition coefficient (Wildman–Crippen LogP) is 2.90. The maximum Gasteiger partial charge on any atom is 0.224 e. The van der Waals surface area contributed by atoms with Crippen LogP contribution in [0.3, 0.4) is 0 Å². The van der Waals surface area contributed by atoms with E-state index in [9.17, 15) is 14.0 Å². The molecule has 2 heterocycles. The van der Waals surface area contributed by atoms with Crippen LogP contribution < -0.4 is 0 Å². The van der Waals surface area contributed by atoms with E-state index in [0.717, 1.165) is 44.6 Å². The Bertz CT molecular complexity index is 677. The Labute approximate surface area is 167 Å². The Balaban J connectivity index is 1.60. The first-order chi connectivity index (χ1) is 13.4. The number of likely N-dealkylation sites (tertiary alicyclic amines) is 1. The van der Waals surface area contributed by atoms with Crippen LogP contribution in [-0.2, 0) is 16.1 Å². The Kier molecular flexibility index (Phi) is 7.05. The van der Waals surface area contributed by atoms with Crippen molar-refractivity contribution < 1.29 is 14.0 Å². The van der Waals surface area contributed by atoms with E-state index in [0.29, 0.717) is 31.8 Å². The second-order valence-corrected chi connectivity index (χ2v) is 8.34. The van der Waals surface area contributed by atoms with E-state index in [4.69, 9.17) is 0 Å². The summed E-state index contributed by atoms with van der Waals surface area (Å²) in [6, 6.07) is 6.96. The highest BCUT2D eigenvalue weighted by atomic mass is 19.1. The lowest BCUT2D eigenvalue weighted by atomic mass is 10.0. The highest BCUT2D eigenvalue weighted by Crippen LogP contribution is 2.21. The van der Waals surface area contributed by atoms with E-state index in [-0.39, 0.29) is 23.7 Å². The Hall–Kier alpha value is -1.95. The van der Waals surface area contributed by atoms with Gasteiger partial charge in [-0.25, -0.2) is 4.39 Å². The van der Waals surface area contributed by atoms with E-state index in [2.05, 4.69) is 18.7 Å². The van der Waals surface area contributed by atoms with Crippen molar-refractivity contribution in [3.8, 4) is 0 Å². The van der Waals surface area contributed by atoms with Crippen LogP contribution >= 0.6 is 0 Å². The molecule has 0 bridgehead atoms. The van der Waals surface area contributed by atoms with E-state index in [1.807, 2.05) is 21.9 Å². The first-order valence-electron chi connectivity index (χ1n) is 10.5. The van der Waals surface area contributed by atoms with Crippen LogP contribution in [0.15, 0.2) is 24.3 Å². The highest BCUT2D eigenvalue weighted by Gasteiger charge is 2.30. The SMILES string of the molecule is CC(C)[C@@H]1CN(C(=O)CCN2CCCC2=O)CCCN1Cc1ccc(F)cc1. The zero-order valence-corrected chi connectivity index (χ0v) is 17.1. The number of hydrogen-bond donors (Lipinski definition) is 0. The van der Waals surface area contributed by atoms with Gasteiger partial charge in [-0.2, -0.15) is 0 Å². The highest BCUT2D eigenvalue weighted by molar-refractivity contribution is 5.80. The Morgan fingerprint density at radius 1 is 1.14 bits per heavy atom. The molecule has 2 saturated heterocycles. The molecule has 5 nitrogen and oxygen atoms in total. The monoisotopic (exact) mass is 389 g/mol. The summed E-state index contributed by atoms with van der Waals surface area (Å²) in [5.41, 5.74) is 1.10. The summed E-state index contributed by atoms with van der Waals surface area (Å²) in [4.78, 5) is 30.8. The average Bonchev–Trinajstić information content (AvgIpc) is 2.95. The standard InChI is InChI=1S/C22H32FN3O2/c1-17(2)20-16-26(22(28)10-14-24-11-3-5-21(24)27)13-4-12-25(20)15-18-6-8-19(23)9-7-18/h6-9,17,20H,3-5,10-16H2,1-2H3/t20-/m0/s1. The molecule has 2 aliphatic rings. The molecular formula is C22H32FN3O2. The van der Waals surface area contributed by atoms with Gasteiger partial charge in [-0.15, -0.1) is 0 Å². The molecule has 0 unspecified atom stereocenters. The van der Waals surface area contributed by atoms with Gasteiger partial charge < -0.3 is 9.80 Å². The first-order valence-corrected chi connectivity index (χ1v) is 10.5. The number of nitrogens with zero attached hydrogens (tertiary/aromatic N) is 3. The number of hydrogen-bond acceptors (Lipinski definition) is 3. The first kappa shape index (κ1) is 20.8. The largest absolute Gasteiger partial charge is 0.342 e. The van der Waals surface area contributed by atoms with E-state index < -0.39 is 0 Å². The number of carbonyl (C=O) groups excluding carboxylic acids is 2. The van der Waals surface area contributed by atoms with Crippen LogP contribution in [0.2, 0.25) is 0 Å². The lowest BCUT2D eigenvalue weighted by Crippen LogP contribution is -2.46. The van der Waals surface area contributed by atoms with Gasteiger partial charge in [0.2, 0.25) is 11.8 Å². The third-order valence-corrected chi connectivity index (χ3v) is 5.94. The van der Waals surface area contributed by atoms with Crippen molar-refractivity contribution in [2.45, 2.75) is 52.1 Å². The molecule has 0 spiro atoms. The van der Waals surface area contributed by atoms with Crippen molar-refractivity contribution in [3.05, 3.63) is 35.6 Å². The number of carbonyl (C=O) groups is 2. The van der Waals surface area contributed by atoms with Crippen molar-refractivity contribution in [2.24, 2.45) is 5.92 Å². The minimum absolute atomic E-state index is 0.147. The molecule has 0 saturated carbocycles. The smallest absolute Gasteiger partial charge is 0.224 e. The zero-order valence-electron chi connectivity index (χ0n) is 17.1. The quantitative estimate of drug-likeness (QED) is 0.751.